The van der Waals surface area contributed by atoms with E-state index in [9.17, 15) is 14.0 Å². The molecule has 0 radical (unpaired) electrons. The van der Waals surface area contributed by atoms with Gasteiger partial charge in [0.1, 0.15) is 5.82 Å². The van der Waals surface area contributed by atoms with Gasteiger partial charge in [0.2, 0.25) is 5.91 Å². The minimum atomic E-state index is -0.703. The highest BCUT2D eigenvalue weighted by Crippen LogP contribution is 2.21. The summed E-state index contributed by atoms with van der Waals surface area (Å²) in [7, 11) is 0. The Bertz CT molecular complexity index is 737. The Morgan fingerprint density at radius 1 is 1.19 bits per heavy atom. The predicted molar refractivity (Wildman–Crippen MR) is 82.0 cm³/mol. The van der Waals surface area contributed by atoms with Crippen molar-refractivity contribution in [1.29, 1.82) is 0 Å². The van der Waals surface area contributed by atoms with Gasteiger partial charge in [-0.05, 0) is 52.3 Å². The number of hydrogen-bond acceptors (Lipinski definition) is 2. The number of carbonyl (C=O) groups is 2. The average molecular weight is 372 g/mol. The second-order valence-electron chi connectivity index (χ2n) is 4.14. The van der Waals surface area contributed by atoms with Gasteiger partial charge in [-0.3, -0.25) is 9.59 Å². The third-order valence-corrected chi connectivity index (χ3v) is 3.64. The molecule has 0 aliphatic carbocycles. The Morgan fingerprint density at radius 2 is 1.90 bits per heavy atom. The molecule has 0 unspecified atom stereocenters. The number of nitrogens with two attached hydrogens (primary N) is 1. The van der Waals surface area contributed by atoms with Gasteiger partial charge in [0.05, 0.1) is 15.1 Å². The molecule has 3 N–H and O–H groups in total. The summed E-state index contributed by atoms with van der Waals surface area (Å²) in [6, 6.07) is 8.32. The lowest BCUT2D eigenvalue weighted by Gasteiger charge is -2.08. The molecule has 2 aromatic carbocycles. The highest BCUT2D eigenvalue weighted by atomic mass is 79.9. The normalized spacial score (nSPS) is 10.2. The van der Waals surface area contributed by atoms with Gasteiger partial charge in [-0.15, -0.1) is 0 Å². The number of carbonyl (C=O) groups excluding carboxylic acids is 2. The van der Waals surface area contributed by atoms with Crippen LogP contribution >= 0.6 is 27.5 Å². The molecule has 108 valence electrons. The summed E-state index contributed by atoms with van der Waals surface area (Å²) >= 11 is 8.82. The van der Waals surface area contributed by atoms with Crippen LogP contribution in [-0.2, 0) is 0 Å². The lowest BCUT2D eigenvalue weighted by Crippen LogP contribution is -2.15. The van der Waals surface area contributed by atoms with Crippen LogP contribution in [0.2, 0.25) is 5.02 Å². The van der Waals surface area contributed by atoms with Crippen molar-refractivity contribution in [2.75, 3.05) is 5.32 Å². The van der Waals surface area contributed by atoms with Crippen molar-refractivity contribution < 1.29 is 14.0 Å². The molecule has 4 nitrogen and oxygen atoms in total. The number of rotatable bonds is 3. The topological polar surface area (TPSA) is 72.2 Å². The van der Waals surface area contributed by atoms with Crippen LogP contribution < -0.4 is 11.1 Å². The number of nitrogens with one attached hydrogen (secondary N) is 1. The molecule has 0 spiro atoms. The predicted octanol–water partition coefficient (Wildman–Crippen LogP) is 3.59. The Morgan fingerprint density at radius 3 is 2.52 bits per heavy atom. The van der Waals surface area contributed by atoms with Gasteiger partial charge in [0.25, 0.3) is 5.91 Å². The first-order chi connectivity index (χ1) is 9.88. The fourth-order valence-electron chi connectivity index (χ4n) is 1.63. The van der Waals surface area contributed by atoms with Crippen LogP contribution in [0.5, 0.6) is 0 Å². The maximum absolute atomic E-state index is 13.4. The first-order valence-corrected chi connectivity index (χ1v) is 6.91. The Kier molecular flexibility index (Phi) is 4.59. The maximum Gasteiger partial charge on any atom is 0.255 e. The SMILES string of the molecule is NC(=O)c1cc(NC(=O)c2ccc(Br)c(F)c2)ccc1Cl. The Labute approximate surface area is 133 Å². The summed E-state index contributed by atoms with van der Waals surface area (Å²) in [4.78, 5) is 23.2. The fourth-order valence-corrected chi connectivity index (χ4v) is 2.09. The monoisotopic (exact) mass is 370 g/mol. The quantitative estimate of drug-likeness (QED) is 0.865. The van der Waals surface area contributed by atoms with Gasteiger partial charge in [0, 0.05) is 11.3 Å². The fraction of sp³-hybridized carbons (Fsp3) is 0. The number of hydrogen-bond donors (Lipinski definition) is 2. The minimum Gasteiger partial charge on any atom is -0.366 e. The molecule has 0 atom stereocenters. The molecular weight excluding hydrogens is 363 g/mol. The summed E-state index contributed by atoms with van der Waals surface area (Å²) in [5, 5.41) is 2.73. The Balaban J connectivity index is 2.25. The van der Waals surface area contributed by atoms with Crippen molar-refractivity contribution in [3.8, 4) is 0 Å². The average Bonchev–Trinajstić information content (AvgIpc) is 2.43. The highest BCUT2D eigenvalue weighted by Gasteiger charge is 2.12. The third kappa shape index (κ3) is 3.59. The summed E-state index contributed by atoms with van der Waals surface area (Å²) < 4.78 is 13.7. The molecule has 0 saturated carbocycles. The standard InChI is InChI=1S/C14H9BrClFN2O2/c15-10-3-1-7(5-12(10)17)14(21)19-8-2-4-11(16)9(6-8)13(18)20/h1-6H,(H2,18,20)(H,19,21). The molecule has 0 heterocycles. The zero-order chi connectivity index (χ0) is 15.6. The smallest absolute Gasteiger partial charge is 0.255 e. The van der Waals surface area contributed by atoms with Crippen LogP contribution in [0.3, 0.4) is 0 Å². The van der Waals surface area contributed by atoms with Crippen LogP contribution in [0, 0.1) is 5.82 Å². The summed E-state index contributed by atoms with van der Waals surface area (Å²) in [5.74, 6) is -1.76. The van der Waals surface area contributed by atoms with E-state index in [1.807, 2.05) is 0 Å². The molecule has 0 aliphatic heterocycles. The number of benzene rings is 2. The van der Waals surface area contributed by atoms with Gasteiger partial charge < -0.3 is 11.1 Å². The second-order valence-corrected chi connectivity index (χ2v) is 5.40. The van der Waals surface area contributed by atoms with Gasteiger partial charge in [-0.25, -0.2) is 4.39 Å². The molecule has 2 amide bonds. The van der Waals surface area contributed by atoms with E-state index in [-0.39, 0.29) is 20.6 Å². The lowest BCUT2D eigenvalue weighted by atomic mass is 10.1. The maximum atomic E-state index is 13.4. The van der Waals surface area contributed by atoms with Crippen LogP contribution in [0.25, 0.3) is 0 Å². The van der Waals surface area contributed by atoms with E-state index in [2.05, 4.69) is 21.2 Å². The Hall–Kier alpha value is -1.92. The lowest BCUT2D eigenvalue weighted by molar-refractivity contribution is 0.0996. The molecule has 2 rings (SSSR count). The van der Waals surface area contributed by atoms with E-state index in [0.29, 0.717) is 5.69 Å². The van der Waals surface area contributed by atoms with E-state index in [0.717, 1.165) is 6.07 Å². The first-order valence-electron chi connectivity index (χ1n) is 5.74. The summed E-state index contributed by atoms with van der Waals surface area (Å²) in [5.41, 5.74) is 5.74. The number of amides is 2. The van der Waals surface area contributed by atoms with Crippen molar-refractivity contribution >= 4 is 45.0 Å². The number of anilines is 1. The second kappa shape index (κ2) is 6.24. The summed E-state index contributed by atoms with van der Waals surface area (Å²) in [6.45, 7) is 0. The molecule has 2 aromatic rings. The van der Waals surface area contributed by atoms with E-state index < -0.39 is 17.6 Å². The number of halogens is 3. The largest absolute Gasteiger partial charge is 0.366 e. The zero-order valence-corrected chi connectivity index (χ0v) is 12.8. The third-order valence-electron chi connectivity index (χ3n) is 2.67. The molecular formula is C14H9BrClFN2O2. The van der Waals surface area contributed by atoms with Crippen molar-refractivity contribution in [3.05, 3.63) is 62.8 Å². The van der Waals surface area contributed by atoms with Crippen molar-refractivity contribution in [2.24, 2.45) is 5.73 Å². The molecule has 0 aromatic heterocycles. The van der Waals surface area contributed by atoms with E-state index in [1.165, 1.54) is 30.3 Å². The van der Waals surface area contributed by atoms with Crippen LogP contribution in [-0.4, -0.2) is 11.8 Å². The van der Waals surface area contributed by atoms with Crippen molar-refractivity contribution in [3.63, 3.8) is 0 Å². The van der Waals surface area contributed by atoms with Gasteiger partial charge in [-0.2, -0.15) is 0 Å². The van der Waals surface area contributed by atoms with Crippen LogP contribution in [0.4, 0.5) is 10.1 Å². The van der Waals surface area contributed by atoms with Gasteiger partial charge in [0.15, 0.2) is 0 Å². The first kappa shape index (κ1) is 15.5. The van der Waals surface area contributed by atoms with Gasteiger partial charge >= 0.3 is 0 Å². The molecule has 0 fully saturated rings. The van der Waals surface area contributed by atoms with E-state index >= 15 is 0 Å². The summed E-state index contributed by atoms with van der Waals surface area (Å²) in [6.07, 6.45) is 0. The highest BCUT2D eigenvalue weighted by molar-refractivity contribution is 9.10. The molecule has 21 heavy (non-hydrogen) atoms. The molecule has 0 saturated heterocycles. The zero-order valence-electron chi connectivity index (χ0n) is 10.5. The van der Waals surface area contributed by atoms with E-state index in [4.69, 9.17) is 17.3 Å². The van der Waals surface area contributed by atoms with Crippen LogP contribution in [0.1, 0.15) is 20.7 Å². The molecule has 0 aliphatic rings. The number of primary amides is 1. The van der Waals surface area contributed by atoms with E-state index in [1.54, 1.807) is 0 Å². The van der Waals surface area contributed by atoms with Crippen molar-refractivity contribution in [1.82, 2.24) is 0 Å². The van der Waals surface area contributed by atoms with Crippen molar-refractivity contribution in [2.45, 2.75) is 0 Å². The van der Waals surface area contributed by atoms with Crippen LogP contribution in [0.15, 0.2) is 40.9 Å². The minimum absolute atomic E-state index is 0.0939. The van der Waals surface area contributed by atoms with Gasteiger partial charge in [-0.1, -0.05) is 11.6 Å². The molecule has 7 heteroatoms. The molecule has 0 bridgehead atoms.